The molecule has 0 spiro atoms. The first kappa shape index (κ1) is 18.9. The molecule has 0 aliphatic heterocycles. The van der Waals surface area contributed by atoms with Gasteiger partial charge in [-0.05, 0) is 17.9 Å². The quantitative estimate of drug-likeness (QED) is 0.390. The highest BCUT2D eigenvalue weighted by molar-refractivity contribution is 7.21. The lowest BCUT2D eigenvalue weighted by atomic mass is 10.0. The number of pyridine rings is 1. The fraction of sp³-hybridized carbons (Fsp3) is 0.158. The maximum absolute atomic E-state index is 11.8. The molecule has 4 aromatic heterocycles. The Balaban J connectivity index is 1.76. The van der Waals surface area contributed by atoms with Gasteiger partial charge in [-0.3, -0.25) is 4.79 Å². The summed E-state index contributed by atoms with van der Waals surface area (Å²) in [7, 11) is 0. The predicted molar refractivity (Wildman–Crippen MR) is 116 cm³/mol. The fourth-order valence-corrected chi connectivity index (χ4v) is 4.87. The zero-order chi connectivity index (χ0) is 20.4. The third kappa shape index (κ3) is 3.53. The van der Waals surface area contributed by atoms with E-state index in [4.69, 9.17) is 11.5 Å². The summed E-state index contributed by atoms with van der Waals surface area (Å²) in [6.45, 7) is 1.42. The molecule has 146 valence electrons. The Morgan fingerprint density at radius 3 is 2.93 bits per heavy atom. The minimum Gasteiger partial charge on any atom is -0.397 e. The molecule has 29 heavy (non-hydrogen) atoms. The first-order valence-electron chi connectivity index (χ1n) is 8.79. The number of carbonyl (C=O) groups excluding carboxylic acids is 1. The summed E-state index contributed by atoms with van der Waals surface area (Å²) >= 11 is 2.64. The van der Waals surface area contributed by atoms with Crippen molar-refractivity contribution >= 4 is 50.3 Å². The highest BCUT2D eigenvalue weighted by atomic mass is 32.1. The minimum absolute atomic E-state index is 0.256. The standard InChI is InChI=1S/C19H17N7OS2/c20-9-11-13(12-3-1-8-28-12)14-15(21)16(17(22)27)29-19(14)25-18(11)24-4-2-6-26-7-5-23-10-26/h1,3,5,7-8,10H,2,4,6,21H2,(H2,22,27)(H,24,25). The van der Waals surface area contributed by atoms with Crippen LogP contribution in [0.1, 0.15) is 21.7 Å². The second-order valence-electron chi connectivity index (χ2n) is 6.27. The van der Waals surface area contributed by atoms with Gasteiger partial charge < -0.3 is 21.4 Å². The van der Waals surface area contributed by atoms with Crippen molar-refractivity contribution in [3.05, 3.63) is 46.7 Å². The number of amides is 1. The number of aryl methyl sites for hydroxylation is 1. The van der Waals surface area contributed by atoms with Gasteiger partial charge in [-0.2, -0.15) is 5.26 Å². The van der Waals surface area contributed by atoms with Crippen molar-refractivity contribution in [3.63, 3.8) is 0 Å². The number of hydrogen-bond acceptors (Lipinski definition) is 8. The maximum Gasteiger partial charge on any atom is 0.260 e. The van der Waals surface area contributed by atoms with Crippen LogP contribution in [0.25, 0.3) is 20.7 Å². The number of primary amides is 1. The van der Waals surface area contributed by atoms with E-state index in [-0.39, 0.29) is 10.6 Å². The van der Waals surface area contributed by atoms with E-state index in [1.807, 2.05) is 28.3 Å². The fourth-order valence-electron chi connectivity index (χ4n) is 3.13. The summed E-state index contributed by atoms with van der Waals surface area (Å²) in [5.74, 6) is -0.123. The maximum atomic E-state index is 11.8. The van der Waals surface area contributed by atoms with E-state index in [9.17, 15) is 10.1 Å². The van der Waals surface area contributed by atoms with Crippen molar-refractivity contribution in [2.45, 2.75) is 13.0 Å². The summed E-state index contributed by atoms with van der Waals surface area (Å²) in [4.78, 5) is 22.1. The lowest BCUT2D eigenvalue weighted by Gasteiger charge is -2.12. The summed E-state index contributed by atoms with van der Waals surface area (Å²) in [6, 6.07) is 6.09. The number of imidazole rings is 1. The van der Waals surface area contributed by atoms with Gasteiger partial charge in [0.2, 0.25) is 0 Å². The van der Waals surface area contributed by atoms with Gasteiger partial charge in [-0.1, -0.05) is 6.07 Å². The van der Waals surface area contributed by atoms with E-state index in [2.05, 4.69) is 21.4 Å². The Morgan fingerprint density at radius 1 is 1.41 bits per heavy atom. The van der Waals surface area contributed by atoms with Crippen molar-refractivity contribution in [1.82, 2.24) is 14.5 Å². The molecule has 0 aliphatic rings. The Kier molecular flexibility index (Phi) is 5.16. The number of carbonyl (C=O) groups is 1. The molecule has 0 aromatic carbocycles. The Morgan fingerprint density at radius 2 is 2.28 bits per heavy atom. The van der Waals surface area contributed by atoms with Crippen molar-refractivity contribution in [1.29, 1.82) is 5.26 Å². The summed E-state index contributed by atoms with van der Waals surface area (Å²) in [5, 5.41) is 15.7. The van der Waals surface area contributed by atoms with Crippen LogP contribution in [0.15, 0.2) is 36.2 Å². The van der Waals surface area contributed by atoms with E-state index in [0.717, 1.165) is 29.2 Å². The number of fused-ring (bicyclic) bond motifs is 1. The van der Waals surface area contributed by atoms with Crippen molar-refractivity contribution in [3.8, 4) is 16.5 Å². The monoisotopic (exact) mass is 423 g/mol. The highest BCUT2D eigenvalue weighted by Gasteiger charge is 2.24. The molecule has 5 N–H and O–H groups in total. The molecule has 0 radical (unpaired) electrons. The lowest BCUT2D eigenvalue weighted by Crippen LogP contribution is -2.10. The molecular formula is C19H17N7OS2. The van der Waals surface area contributed by atoms with Gasteiger partial charge in [0.25, 0.3) is 5.91 Å². The molecule has 4 rings (SSSR count). The number of nitrogen functional groups attached to an aromatic ring is 1. The number of nitrogens with one attached hydrogen (secondary N) is 1. The van der Waals surface area contributed by atoms with Crippen LogP contribution in [0.4, 0.5) is 11.5 Å². The summed E-state index contributed by atoms with van der Waals surface area (Å²) in [6.07, 6.45) is 6.23. The molecule has 0 aliphatic carbocycles. The van der Waals surface area contributed by atoms with E-state index in [1.165, 1.54) is 11.3 Å². The number of nitrogens with two attached hydrogens (primary N) is 2. The first-order chi connectivity index (χ1) is 14.1. The molecule has 0 atom stereocenters. The average Bonchev–Trinajstić information content (AvgIpc) is 3.46. The number of rotatable bonds is 7. The van der Waals surface area contributed by atoms with E-state index in [0.29, 0.717) is 33.7 Å². The number of nitrogens with zero attached hydrogens (tertiary/aromatic N) is 4. The number of thiophene rings is 2. The molecule has 0 saturated heterocycles. The van der Waals surface area contributed by atoms with Gasteiger partial charge in [-0.15, -0.1) is 22.7 Å². The topological polar surface area (TPSA) is 136 Å². The minimum atomic E-state index is -0.601. The van der Waals surface area contributed by atoms with Crippen LogP contribution in [0.3, 0.4) is 0 Å². The van der Waals surface area contributed by atoms with Gasteiger partial charge in [0, 0.05) is 41.3 Å². The smallest absolute Gasteiger partial charge is 0.260 e. The number of nitriles is 1. The predicted octanol–water partition coefficient (Wildman–Crippen LogP) is 3.28. The Hall–Kier alpha value is -3.42. The Labute approximate surface area is 174 Å². The molecule has 0 unspecified atom stereocenters. The van der Waals surface area contributed by atoms with Crippen LogP contribution in [-0.2, 0) is 6.54 Å². The number of aromatic nitrogens is 3. The normalized spacial score (nSPS) is 10.9. The van der Waals surface area contributed by atoms with Crippen molar-refractivity contribution < 1.29 is 4.79 Å². The highest BCUT2D eigenvalue weighted by Crippen LogP contribution is 2.44. The average molecular weight is 424 g/mol. The van der Waals surface area contributed by atoms with Crippen LogP contribution < -0.4 is 16.8 Å². The van der Waals surface area contributed by atoms with E-state index >= 15 is 0 Å². The molecule has 8 nitrogen and oxygen atoms in total. The zero-order valence-electron chi connectivity index (χ0n) is 15.3. The van der Waals surface area contributed by atoms with Gasteiger partial charge in [0.05, 0.1) is 12.0 Å². The van der Waals surface area contributed by atoms with Crippen LogP contribution in [0, 0.1) is 11.3 Å². The van der Waals surface area contributed by atoms with Gasteiger partial charge in [-0.25, -0.2) is 9.97 Å². The third-order valence-corrected chi connectivity index (χ3v) is 6.43. The SMILES string of the molecule is N#Cc1c(NCCCn2ccnc2)nc2sc(C(N)=O)c(N)c2c1-c1cccs1. The summed E-state index contributed by atoms with van der Waals surface area (Å²) in [5.41, 5.74) is 13.1. The van der Waals surface area contributed by atoms with Crippen LogP contribution >= 0.6 is 22.7 Å². The number of hydrogen-bond donors (Lipinski definition) is 3. The van der Waals surface area contributed by atoms with Crippen molar-refractivity contribution in [2.24, 2.45) is 5.73 Å². The second kappa shape index (κ2) is 7.90. The number of anilines is 2. The van der Waals surface area contributed by atoms with Crippen LogP contribution in [0.5, 0.6) is 0 Å². The van der Waals surface area contributed by atoms with Gasteiger partial charge >= 0.3 is 0 Å². The molecule has 0 fully saturated rings. The van der Waals surface area contributed by atoms with Gasteiger partial charge in [0.1, 0.15) is 27.2 Å². The van der Waals surface area contributed by atoms with Gasteiger partial charge in [0.15, 0.2) is 0 Å². The second-order valence-corrected chi connectivity index (χ2v) is 8.22. The molecule has 1 amide bonds. The molecule has 0 saturated carbocycles. The molecule has 4 aromatic rings. The molecule has 10 heteroatoms. The van der Waals surface area contributed by atoms with Crippen LogP contribution in [-0.4, -0.2) is 27.0 Å². The Bertz CT molecular complexity index is 1200. The largest absolute Gasteiger partial charge is 0.397 e. The van der Waals surface area contributed by atoms with E-state index in [1.54, 1.807) is 12.5 Å². The van der Waals surface area contributed by atoms with Crippen LogP contribution in [0.2, 0.25) is 0 Å². The summed E-state index contributed by atoms with van der Waals surface area (Å²) < 4.78 is 1.99. The zero-order valence-corrected chi connectivity index (χ0v) is 16.9. The first-order valence-corrected chi connectivity index (χ1v) is 10.5. The lowest BCUT2D eigenvalue weighted by molar-refractivity contribution is 0.100. The van der Waals surface area contributed by atoms with Crippen molar-refractivity contribution in [2.75, 3.05) is 17.6 Å². The molecule has 0 bridgehead atoms. The molecule has 4 heterocycles. The molecular weight excluding hydrogens is 406 g/mol. The van der Waals surface area contributed by atoms with E-state index < -0.39 is 5.91 Å². The third-order valence-electron chi connectivity index (χ3n) is 4.42.